The summed E-state index contributed by atoms with van der Waals surface area (Å²) in [5.74, 6) is -0.744. The standard InChI is InChI=1S/C26H34O11/c1-34-19-6-12(3-4-17(19)29)22-15-8-18(30)20(35-2)7-13(15)5-14(9-27)16(22)11-36-26-25(33)24(32)23(31)21(10-28)37-26/h3-4,6-8,14,16,21-33H,5,9-11H2,1-2H3/t14-,16-,21+,22-,23+,24-,25+,26+/m0/s1. The van der Waals surface area contributed by atoms with Gasteiger partial charge in [-0.05, 0) is 59.2 Å². The summed E-state index contributed by atoms with van der Waals surface area (Å²) in [5, 5.41) is 71.2. The quantitative estimate of drug-likeness (QED) is 0.245. The number of phenols is 2. The molecule has 4 rings (SSSR count). The fourth-order valence-electron chi connectivity index (χ4n) is 5.35. The van der Waals surface area contributed by atoms with Crippen LogP contribution in [0, 0.1) is 11.8 Å². The van der Waals surface area contributed by atoms with E-state index in [9.17, 15) is 35.7 Å². The zero-order valence-corrected chi connectivity index (χ0v) is 20.6. The van der Waals surface area contributed by atoms with Crippen LogP contribution in [0.25, 0.3) is 0 Å². The van der Waals surface area contributed by atoms with Gasteiger partial charge in [-0.3, -0.25) is 0 Å². The maximum absolute atomic E-state index is 10.6. The maximum Gasteiger partial charge on any atom is 0.186 e. The lowest BCUT2D eigenvalue weighted by atomic mass is 9.67. The molecule has 1 aliphatic carbocycles. The first-order chi connectivity index (χ1) is 17.7. The predicted octanol–water partition coefficient (Wildman–Crippen LogP) is -0.156. The predicted molar refractivity (Wildman–Crippen MR) is 129 cm³/mol. The number of aromatic hydroxyl groups is 2. The van der Waals surface area contributed by atoms with E-state index in [1.54, 1.807) is 24.3 Å². The molecule has 1 aliphatic heterocycles. The van der Waals surface area contributed by atoms with Crippen molar-refractivity contribution in [1.29, 1.82) is 0 Å². The summed E-state index contributed by atoms with van der Waals surface area (Å²) in [6.07, 6.45) is -6.68. The summed E-state index contributed by atoms with van der Waals surface area (Å²) in [5.41, 5.74) is 2.34. The lowest BCUT2D eigenvalue weighted by Gasteiger charge is -2.43. The lowest BCUT2D eigenvalue weighted by Crippen LogP contribution is -2.59. The molecule has 0 radical (unpaired) electrons. The monoisotopic (exact) mass is 522 g/mol. The van der Waals surface area contributed by atoms with Gasteiger partial charge >= 0.3 is 0 Å². The molecule has 2 aliphatic rings. The second-order valence-electron chi connectivity index (χ2n) is 9.47. The Labute approximate surface area is 214 Å². The first kappa shape index (κ1) is 27.4. The third-order valence-corrected chi connectivity index (χ3v) is 7.39. The van der Waals surface area contributed by atoms with Crippen LogP contribution in [0.15, 0.2) is 30.3 Å². The number of hydrogen-bond donors (Lipinski definition) is 7. The number of ether oxygens (including phenoxy) is 4. The third kappa shape index (κ3) is 5.21. The van der Waals surface area contributed by atoms with Crippen LogP contribution >= 0.6 is 0 Å². The molecule has 0 amide bonds. The van der Waals surface area contributed by atoms with Crippen molar-refractivity contribution in [2.24, 2.45) is 11.8 Å². The average molecular weight is 523 g/mol. The topological polar surface area (TPSA) is 179 Å². The van der Waals surface area contributed by atoms with E-state index >= 15 is 0 Å². The van der Waals surface area contributed by atoms with Crippen LogP contribution in [-0.2, 0) is 15.9 Å². The van der Waals surface area contributed by atoms with Crippen LogP contribution in [-0.4, -0.2) is 100 Å². The van der Waals surface area contributed by atoms with E-state index in [-0.39, 0.29) is 36.4 Å². The van der Waals surface area contributed by atoms with Gasteiger partial charge in [-0.25, -0.2) is 0 Å². The zero-order valence-electron chi connectivity index (χ0n) is 20.6. The summed E-state index contributed by atoms with van der Waals surface area (Å²) in [6, 6.07) is 8.22. The average Bonchev–Trinajstić information content (AvgIpc) is 2.90. The molecule has 11 heteroatoms. The van der Waals surface area contributed by atoms with Gasteiger partial charge in [0, 0.05) is 12.5 Å². The largest absolute Gasteiger partial charge is 0.504 e. The molecule has 1 saturated heterocycles. The van der Waals surface area contributed by atoms with Crippen molar-refractivity contribution in [3.8, 4) is 23.0 Å². The summed E-state index contributed by atoms with van der Waals surface area (Å²) >= 11 is 0. The van der Waals surface area contributed by atoms with Crippen molar-refractivity contribution in [2.75, 3.05) is 34.0 Å². The van der Waals surface area contributed by atoms with Gasteiger partial charge in [0.25, 0.3) is 0 Å². The molecule has 0 unspecified atom stereocenters. The highest BCUT2D eigenvalue weighted by Gasteiger charge is 2.45. The minimum atomic E-state index is -1.59. The van der Waals surface area contributed by atoms with Crippen molar-refractivity contribution in [3.63, 3.8) is 0 Å². The number of benzene rings is 2. The minimum Gasteiger partial charge on any atom is -0.504 e. The molecule has 2 aromatic rings. The maximum atomic E-state index is 10.6. The van der Waals surface area contributed by atoms with Crippen LogP contribution in [0.3, 0.4) is 0 Å². The van der Waals surface area contributed by atoms with Crippen LogP contribution in [0.2, 0.25) is 0 Å². The van der Waals surface area contributed by atoms with Crippen molar-refractivity contribution in [3.05, 3.63) is 47.0 Å². The van der Waals surface area contributed by atoms with E-state index in [1.165, 1.54) is 20.3 Å². The fraction of sp³-hybridized carbons (Fsp3) is 0.538. The number of hydrogen-bond acceptors (Lipinski definition) is 11. The van der Waals surface area contributed by atoms with Crippen LogP contribution in [0.1, 0.15) is 22.6 Å². The molecule has 2 aromatic carbocycles. The Bertz CT molecular complexity index is 1070. The van der Waals surface area contributed by atoms with E-state index in [0.29, 0.717) is 12.2 Å². The molecule has 1 fully saturated rings. The molecular formula is C26H34O11. The van der Waals surface area contributed by atoms with E-state index in [2.05, 4.69) is 0 Å². The Morgan fingerprint density at radius 1 is 0.865 bits per heavy atom. The molecule has 11 nitrogen and oxygen atoms in total. The molecule has 0 aromatic heterocycles. The Hall–Kier alpha value is -2.64. The van der Waals surface area contributed by atoms with E-state index < -0.39 is 49.1 Å². The molecule has 0 spiro atoms. The molecule has 7 N–H and O–H groups in total. The minimum absolute atomic E-state index is 0.0476. The fourth-order valence-corrected chi connectivity index (χ4v) is 5.35. The Morgan fingerprint density at radius 2 is 1.57 bits per heavy atom. The third-order valence-electron chi connectivity index (χ3n) is 7.39. The Morgan fingerprint density at radius 3 is 2.22 bits per heavy atom. The van der Waals surface area contributed by atoms with Gasteiger partial charge in [0.05, 0.1) is 27.4 Å². The second-order valence-corrected chi connectivity index (χ2v) is 9.47. The SMILES string of the molecule is COc1cc([C@H]2c3cc(O)c(OC)cc3C[C@@H](CO)[C@@H]2CO[C@@H]2O[C@H](CO)[C@@H](O)[C@H](O)[C@H]2O)ccc1O. The van der Waals surface area contributed by atoms with E-state index in [0.717, 1.165) is 16.7 Å². The molecule has 0 bridgehead atoms. The molecular weight excluding hydrogens is 488 g/mol. The highest BCUT2D eigenvalue weighted by atomic mass is 16.7. The van der Waals surface area contributed by atoms with Crippen LogP contribution < -0.4 is 9.47 Å². The zero-order chi connectivity index (χ0) is 26.9. The highest BCUT2D eigenvalue weighted by Crippen LogP contribution is 2.48. The Balaban J connectivity index is 1.72. The first-order valence-electron chi connectivity index (χ1n) is 12.0. The van der Waals surface area contributed by atoms with Crippen LogP contribution in [0.4, 0.5) is 0 Å². The number of phenolic OH excluding ortho intramolecular Hbond substituents is 2. The number of rotatable bonds is 8. The number of fused-ring (bicyclic) bond motifs is 1. The number of aliphatic hydroxyl groups excluding tert-OH is 5. The second kappa shape index (κ2) is 11.4. The smallest absolute Gasteiger partial charge is 0.186 e. The van der Waals surface area contributed by atoms with Crippen molar-refractivity contribution in [2.45, 2.75) is 43.0 Å². The Kier molecular flexibility index (Phi) is 8.44. The molecule has 0 saturated carbocycles. The normalized spacial score (nSPS) is 31.5. The molecule has 8 atom stereocenters. The molecule has 37 heavy (non-hydrogen) atoms. The summed E-state index contributed by atoms with van der Waals surface area (Å²) < 4.78 is 22.0. The van der Waals surface area contributed by atoms with Gasteiger partial charge in [-0.15, -0.1) is 0 Å². The van der Waals surface area contributed by atoms with Crippen molar-refractivity contribution >= 4 is 0 Å². The van der Waals surface area contributed by atoms with Gasteiger partial charge < -0.3 is 54.7 Å². The van der Waals surface area contributed by atoms with Crippen LogP contribution in [0.5, 0.6) is 23.0 Å². The van der Waals surface area contributed by atoms with Gasteiger partial charge in [0.1, 0.15) is 24.4 Å². The van der Waals surface area contributed by atoms with Gasteiger partial charge in [0.15, 0.2) is 29.3 Å². The summed E-state index contributed by atoms with van der Waals surface area (Å²) in [6.45, 7) is -0.830. The highest BCUT2D eigenvalue weighted by molar-refractivity contribution is 5.53. The summed E-state index contributed by atoms with van der Waals surface area (Å²) in [7, 11) is 2.88. The first-order valence-corrected chi connectivity index (χ1v) is 12.0. The van der Waals surface area contributed by atoms with E-state index in [1.807, 2.05) is 0 Å². The van der Waals surface area contributed by atoms with Crippen molar-refractivity contribution < 1.29 is 54.7 Å². The lowest BCUT2D eigenvalue weighted by molar-refractivity contribution is -0.304. The van der Waals surface area contributed by atoms with Crippen molar-refractivity contribution in [1.82, 2.24) is 0 Å². The number of methoxy groups -OCH3 is 2. The summed E-state index contributed by atoms with van der Waals surface area (Å²) in [4.78, 5) is 0. The molecule has 1 heterocycles. The molecule has 204 valence electrons. The van der Waals surface area contributed by atoms with Gasteiger partial charge in [0.2, 0.25) is 0 Å². The number of aliphatic hydroxyl groups is 5. The van der Waals surface area contributed by atoms with Gasteiger partial charge in [-0.1, -0.05) is 6.07 Å². The van der Waals surface area contributed by atoms with E-state index in [4.69, 9.17) is 18.9 Å². The van der Waals surface area contributed by atoms with Gasteiger partial charge in [-0.2, -0.15) is 0 Å².